The SMILES string of the molecule is Cc1cc2c3c(c1)N1c4c(cccc4C4(C)CCCCC14C)B3c1ccc(N(c3ccc(C(C)(C)C)cc3)c3ccc(C(C)(C)C)cc3)cc1N2c1cc2c(cc1-c1ccccc1)C(C)(C)CCC2(C)C. The smallest absolute Gasteiger partial charge is 0.252 e. The number of anilines is 8. The van der Waals surface area contributed by atoms with E-state index >= 15 is 0 Å². The predicted molar refractivity (Wildman–Crippen MR) is 306 cm³/mol. The predicted octanol–water partition coefficient (Wildman–Crippen LogP) is 16.4. The first-order chi connectivity index (χ1) is 33.6. The number of fused-ring (bicyclic) bond motifs is 8. The summed E-state index contributed by atoms with van der Waals surface area (Å²) in [7, 11) is 0. The van der Waals surface area contributed by atoms with E-state index in [1.54, 1.807) is 5.56 Å². The van der Waals surface area contributed by atoms with E-state index < -0.39 is 0 Å². The second-order valence-electron chi connectivity index (χ2n) is 26.1. The summed E-state index contributed by atoms with van der Waals surface area (Å²) in [5.41, 5.74) is 25.6. The van der Waals surface area contributed by atoms with Gasteiger partial charge in [-0.1, -0.05) is 168 Å². The number of benzene rings is 7. The largest absolute Gasteiger partial charge is 0.335 e. The fourth-order valence-electron chi connectivity index (χ4n) is 14.1. The van der Waals surface area contributed by atoms with Crippen molar-refractivity contribution in [1.29, 1.82) is 0 Å². The number of rotatable bonds is 5. The van der Waals surface area contributed by atoms with Gasteiger partial charge in [-0.15, -0.1) is 0 Å². The summed E-state index contributed by atoms with van der Waals surface area (Å²) in [6.07, 6.45) is 7.26. The quantitative estimate of drug-likeness (QED) is 0.159. The molecule has 5 aliphatic rings. The van der Waals surface area contributed by atoms with Crippen LogP contribution in [0.5, 0.6) is 0 Å². The van der Waals surface area contributed by atoms with E-state index in [0.29, 0.717) is 0 Å². The van der Waals surface area contributed by atoms with E-state index in [2.05, 4.69) is 244 Å². The number of hydrogen-bond acceptors (Lipinski definition) is 3. The van der Waals surface area contributed by atoms with E-state index in [0.717, 1.165) is 23.5 Å². The lowest BCUT2D eigenvalue weighted by Gasteiger charge is -2.53. The van der Waals surface area contributed by atoms with Crippen LogP contribution in [0.2, 0.25) is 0 Å². The van der Waals surface area contributed by atoms with Gasteiger partial charge in [-0.3, -0.25) is 0 Å². The van der Waals surface area contributed by atoms with Gasteiger partial charge in [0, 0.05) is 50.8 Å². The molecule has 360 valence electrons. The highest BCUT2D eigenvalue weighted by Gasteiger charge is 2.61. The molecule has 12 rings (SSSR count). The van der Waals surface area contributed by atoms with Crippen LogP contribution in [0.15, 0.2) is 140 Å². The molecule has 0 saturated heterocycles. The van der Waals surface area contributed by atoms with Gasteiger partial charge < -0.3 is 14.7 Å². The topological polar surface area (TPSA) is 9.72 Å². The molecule has 7 aromatic rings. The molecule has 1 fully saturated rings. The third kappa shape index (κ3) is 6.82. The van der Waals surface area contributed by atoms with Crippen molar-refractivity contribution in [3.05, 3.63) is 173 Å². The van der Waals surface area contributed by atoms with Crippen LogP contribution in [0.25, 0.3) is 11.1 Å². The molecule has 3 aliphatic heterocycles. The molecule has 4 heteroatoms. The van der Waals surface area contributed by atoms with E-state index in [1.165, 1.54) is 116 Å². The Morgan fingerprint density at radius 1 is 0.493 bits per heavy atom. The third-order valence-corrected chi connectivity index (χ3v) is 18.6. The molecule has 0 bridgehead atoms. The Bertz CT molecular complexity index is 3220. The summed E-state index contributed by atoms with van der Waals surface area (Å²) >= 11 is 0. The standard InChI is InChI=1S/C67H74BN3/c1-43-38-58-60-59(39-43)71-61-51(66(12)34-17-18-35-67(66,71)13)22-19-23-55(61)68(60)54-33-32-49(69(47-28-24-45(25-29-47)62(2,3)4)48-30-26-46(27-31-48)63(5,6)7)40-57(54)70(58)56-42-53-52(64(8,9)36-37-65(53,10)11)41-50(56)44-20-15-14-16-21-44/h14-16,19-33,38-42H,17-18,34-37H2,1-13H3. The number of para-hydroxylation sites is 1. The lowest BCUT2D eigenvalue weighted by molar-refractivity contribution is 0.195. The Hall–Kier alpha value is -6.00. The van der Waals surface area contributed by atoms with Gasteiger partial charge >= 0.3 is 0 Å². The molecule has 3 heterocycles. The maximum absolute atomic E-state index is 2.87. The van der Waals surface area contributed by atoms with Crippen molar-refractivity contribution in [1.82, 2.24) is 0 Å². The molecule has 7 aromatic carbocycles. The summed E-state index contributed by atoms with van der Waals surface area (Å²) < 4.78 is 0. The molecule has 0 spiro atoms. The van der Waals surface area contributed by atoms with Gasteiger partial charge in [0.2, 0.25) is 0 Å². The van der Waals surface area contributed by atoms with Crippen LogP contribution >= 0.6 is 0 Å². The van der Waals surface area contributed by atoms with Crippen LogP contribution in [0.1, 0.15) is 155 Å². The van der Waals surface area contributed by atoms with Crippen LogP contribution in [0, 0.1) is 6.92 Å². The van der Waals surface area contributed by atoms with Crippen molar-refractivity contribution in [2.45, 2.75) is 161 Å². The Morgan fingerprint density at radius 3 is 1.69 bits per heavy atom. The molecule has 2 atom stereocenters. The first-order valence-electron chi connectivity index (χ1n) is 26.9. The van der Waals surface area contributed by atoms with Crippen LogP contribution in [0.3, 0.4) is 0 Å². The van der Waals surface area contributed by atoms with Crippen LogP contribution in [0.4, 0.5) is 45.5 Å². The second-order valence-corrected chi connectivity index (χ2v) is 26.1. The Labute approximate surface area is 426 Å². The van der Waals surface area contributed by atoms with Crippen LogP contribution in [-0.2, 0) is 27.1 Å². The number of hydrogen-bond donors (Lipinski definition) is 0. The van der Waals surface area contributed by atoms with E-state index in [4.69, 9.17) is 0 Å². The zero-order valence-corrected chi connectivity index (χ0v) is 44.9. The van der Waals surface area contributed by atoms with Gasteiger partial charge in [-0.2, -0.15) is 0 Å². The second kappa shape index (κ2) is 15.5. The summed E-state index contributed by atoms with van der Waals surface area (Å²) in [6, 6.07) is 55.2. The molecule has 0 N–H and O–H groups in total. The molecule has 0 aromatic heterocycles. The molecule has 2 aliphatic carbocycles. The monoisotopic (exact) mass is 932 g/mol. The average Bonchev–Trinajstić information content (AvgIpc) is 3.55. The van der Waals surface area contributed by atoms with Crippen LogP contribution in [-0.4, -0.2) is 12.3 Å². The van der Waals surface area contributed by atoms with Gasteiger partial charge in [0.1, 0.15) is 0 Å². The summed E-state index contributed by atoms with van der Waals surface area (Å²) in [5, 5.41) is 0. The summed E-state index contributed by atoms with van der Waals surface area (Å²) in [4.78, 5) is 8.11. The lowest BCUT2D eigenvalue weighted by atomic mass is 9.33. The number of nitrogens with zero attached hydrogens (tertiary/aromatic N) is 3. The van der Waals surface area contributed by atoms with Crippen molar-refractivity contribution in [2.75, 3.05) is 14.7 Å². The highest BCUT2D eigenvalue weighted by Crippen LogP contribution is 2.62. The van der Waals surface area contributed by atoms with Gasteiger partial charge in [0.05, 0.1) is 11.2 Å². The van der Waals surface area contributed by atoms with Crippen molar-refractivity contribution < 1.29 is 0 Å². The minimum absolute atomic E-state index is 0.0179. The Kier molecular flexibility index (Phi) is 10.1. The molecule has 0 radical (unpaired) electrons. The molecular weight excluding hydrogens is 858 g/mol. The van der Waals surface area contributed by atoms with Crippen molar-refractivity contribution in [3.63, 3.8) is 0 Å². The zero-order chi connectivity index (χ0) is 49.8. The highest BCUT2D eigenvalue weighted by atomic mass is 15.3. The zero-order valence-electron chi connectivity index (χ0n) is 44.9. The fraction of sp³-hybridized carbons (Fsp3) is 0.373. The maximum Gasteiger partial charge on any atom is 0.252 e. The van der Waals surface area contributed by atoms with Crippen LogP contribution < -0.4 is 31.1 Å². The van der Waals surface area contributed by atoms with Crippen molar-refractivity contribution in [3.8, 4) is 11.1 Å². The van der Waals surface area contributed by atoms with Gasteiger partial charge in [0.15, 0.2) is 0 Å². The van der Waals surface area contributed by atoms with Crippen molar-refractivity contribution >= 4 is 68.6 Å². The first-order valence-corrected chi connectivity index (χ1v) is 26.9. The average molecular weight is 932 g/mol. The number of aryl methyl sites for hydroxylation is 1. The third-order valence-electron chi connectivity index (χ3n) is 18.6. The summed E-state index contributed by atoms with van der Waals surface area (Å²) in [5.74, 6) is 0. The first kappa shape index (κ1) is 46.1. The molecule has 71 heavy (non-hydrogen) atoms. The molecule has 0 amide bonds. The fourth-order valence-corrected chi connectivity index (χ4v) is 14.1. The molecule has 1 saturated carbocycles. The summed E-state index contributed by atoms with van der Waals surface area (Å²) in [6.45, 7) is 31.4. The molecular formula is C67H74BN3. The Balaban J connectivity index is 1.18. The highest BCUT2D eigenvalue weighted by molar-refractivity contribution is 7.00. The van der Waals surface area contributed by atoms with Gasteiger partial charge in [-0.25, -0.2) is 0 Å². The minimum Gasteiger partial charge on any atom is -0.335 e. The van der Waals surface area contributed by atoms with E-state index in [9.17, 15) is 0 Å². The van der Waals surface area contributed by atoms with Crippen molar-refractivity contribution in [2.24, 2.45) is 0 Å². The maximum atomic E-state index is 2.87. The van der Waals surface area contributed by atoms with E-state index in [-0.39, 0.29) is 39.3 Å². The van der Waals surface area contributed by atoms with Gasteiger partial charge in [-0.05, 0) is 177 Å². The molecule has 2 unspecified atom stereocenters. The molecule has 3 nitrogen and oxygen atoms in total. The Morgan fingerprint density at radius 2 is 1.07 bits per heavy atom. The van der Waals surface area contributed by atoms with E-state index in [1.807, 2.05) is 0 Å². The lowest BCUT2D eigenvalue weighted by Crippen LogP contribution is -2.64. The normalized spacial score (nSPS) is 21.2. The van der Waals surface area contributed by atoms with Gasteiger partial charge in [0.25, 0.3) is 6.71 Å². The minimum atomic E-state index is -0.0343.